The Kier molecular flexibility index (Phi) is 4.19. The molecule has 23 heavy (non-hydrogen) atoms. The Balaban J connectivity index is 1.70. The Morgan fingerprint density at radius 3 is 2.96 bits per heavy atom. The lowest BCUT2D eigenvalue weighted by Gasteiger charge is -2.19. The third kappa shape index (κ3) is 2.99. The van der Waals surface area contributed by atoms with Crippen molar-refractivity contribution in [2.45, 2.75) is 19.9 Å². The molecule has 1 N–H and O–H groups in total. The fourth-order valence-electron chi connectivity index (χ4n) is 2.92. The number of ether oxygens (including phenoxy) is 1. The summed E-state index contributed by atoms with van der Waals surface area (Å²) in [6.07, 6.45) is 0.679. The van der Waals surface area contributed by atoms with Crippen molar-refractivity contribution in [2.75, 3.05) is 18.6 Å². The molecule has 3 rings (SSSR count). The predicted molar refractivity (Wildman–Crippen MR) is 87.4 cm³/mol. The number of halogens is 1. The van der Waals surface area contributed by atoms with E-state index in [-0.39, 0.29) is 11.8 Å². The van der Waals surface area contributed by atoms with Crippen molar-refractivity contribution in [3.05, 3.63) is 58.9 Å². The van der Waals surface area contributed by atoms with Crippen LogP contribution in [0.25, 0.3) is 0 Å². The summed E-state index contributed by atoms with van der Waals surface area (Å²) in [5.74, 6) is 0.539. The number of amides is 2. The molecule has 0 saturated heterocycles. The molecule has 1 aliphatic heterocycles. The average molecular weight is 314 g/mol. The van der Waals surface area contributed by atoms with E-state index in [1.54, 1.807) is 18.1 Å². The molecule has 0 unspecified atom stereocenters. The lowest BCUT2D eigenvalue weighted by molar-refractivity contribution is 0.246. The van der Waals surface area contributed by atoms with Crippen LogP contribution in [-0.2, 0) is 13.0 Å². The number of rotatable bonds is 3. The number of hydrogen-bond donors (Lipinski definition) is 1. The number of hydrogen-bond acceptors (Lipinski definition) is 2. The molecule has 0 bridgehead atoms. The number of nitrogens with one attached hydrogen (secondary N) is 1. The molecule has 0 fully saturated rings. The summed E-state index contributed by atoms with van der Waals surface area (Å²) in [6.45, 7) is 2.96. The van der Waals surface area contributed by atoms with E-state index in [2.05, 4.69) is 5.32 Å². The molecule has 0 saturated carbocycles. The molecule has 2 aromatic rings. The van der Waals surface area contributed by atoms with Gasteiger partial charge in [-0.1, -0.05) is 12.1 Å². The average Bonchev–Trinajstić information content (AvgIpc) is 2.96. The summed E-state index contributed by atoms with van der Waals surface area (Å²) in [7, 11) is 1.63. The second-order valence-corrected chi connectivity index (χ2v) is 5.58. The van der Waals surface area contributed by atoms with Crippen molar-refractivity contribution in [3.8, 4) is 5.75 Å². The van der Waals surface area contributed by atoms with E-state index in [9.17, 15) is 9.18 Å². The number of urea groups is 1. The second-order valence-electron chi connectivity index (χ2n) is 5.58. The van der Waals surface area contributed by atoms with E-state index in [4.69, 9.17) is 4.74 Å². The highest BCUT2D eigenvalue weighted by atomic mass is 19.1. The molecule has 0 radical (unpaired) electrons. The minimum absolute atomic E-state index is 0.169. The van der Waals surface area contributed by atoms with Crippen molar-refractivity contribution < 1.29 is 13.9 Å². The van der Waals surface area contributed by atoms with E-state index in [0.717, 1.165) is 28.1 Å². The first-order chi connectivity index (χ1) is 11.1. The van der Waals surface area contributed by atoms with Gasteiger partial charge in [0.25, 0.3) is 0 Å². The van der Waals surface area contributed by atoms with Crippen LogP contribution in [0.1, 0.15) is 16.7 Å². The zero-order valence-electron chi connectivity index (χ0n) is 13.2. The molecule has 0 aliphatic carbocycles. The predicted octanol–water partition coefficient (Wildman–Crippen LogP) is 3.42. The van der Waals surface area contributed by atoms with Crippen LogP contribution in [0.4, 0.5) is 14.9 Å². The van der Waals surface area contributed by atoms with Crippen molar-refractivity contribution in [1.29, 1.82) is 0 Å². The van der Waals surface area contributed by atoms with Crippen LogP contribution >= 0.6 is 0 Å². The Bertz CT molecular complexity index is 746. The maximum Gasteiger partial charge on any atom is 0.322 e. The molecular weight excluding hydrogens is 295 g/mol. The van der Waals surface area contributed by atoms with Crippen LogP contribution in [-0.4, -0.2) is 19.7 Å². The number of carbonyl (C=O) groups excluding carboxylic acids is 1. The van der Waals surface area contributed by atoms with Gasteiger partial charge in [0, 0.05) is 18.8 Å². The lowest BCUT2D eigenvalue weighted by Crippen LogP contribution is -2.38. The van der Waals surface area contributed by atoms with E-state index < -0.39 is 0 Å². The molecule has 2 aromatic carbocycles. The van der Waals surface area contributed by atoms with Crippen LogP contribution in [0.15, 0.2) is 36.4 Å². The highest BCUT2D eigenvalue weighted by Gasteiger charge is 2.24. The van der Waals surface area contributed by atoms with Gasteiger partial charge in [0.1, 0.15) is 11.6 Å². The zero-order chi connectivity index (χ0) is 16.4. The van der Waals surface area contributed by atoms with Gasteiger partial charge in [0.2, 0.25) is 0 Å². The van der Waals surface area contributed by atoms with E-state index in [0.29, 0.717) is 19.5 Å². The minimum Gasteiger partial charge on any atom is -0.496 e. The summed E-state index contributed by atoms with van der Waals surface area (Å²) in [5, 5.41) is 2.93. The van der Waals surface area contributed by atoms with Crippen LogP contribution in [0.5, 0.6) is 5.75 Å². The Morgan fingerprint density at radius 1 is 1.35 bits per heavy atom. The lowest BCUT2D eigenvalue weighted by atomic mass is 10.1. The first-order valence-electron chi connectivity index (χ1n) is 7.56. The first kappa shape index (κ1) is 15.3. The smallest absolute Gasteiger partial charge is 0.322 e. The van der Waals surface area contributed by atoms with E-state index in [1.165, 1.54) is 12.1 Å². The fraction of sp³-hybridized carbons (Fsp3) is 0.278. The maximum atomic E-state index is 13.2. The summed E-state index contributed by atoms with van der Waals surface area (Å²) in [5.41, 5.74) is 3.68. The fourth-order valence-corrected chi connectivity index (χ4v) is 2.92. The normalized spacial score (nSPS) is 12.9. The topological polar surface area (TPSA) is 41.6 Å². The largest absolute Gasteiger partial charge is 0.496 e. The van der Waals surface area contributed by atoms with Gasteiger partial charge >= 0.3 is 6.03 Å². The monoisotopic (exact) mass is 314 g/mol. The number of methoxy groups -OCH3 is 1. The maximum absolute atomic E-state index is 13.2. The summed E-state index contributed by atoms with van der Waals surface area (Å²) >= 11 is 0. The first-order valence-corrected chi connectivity index (χ1v) is 7.56. The molecule has 1 heterocycles. The van der Waals surface area contributed by atoms with Gasteiger partial charge in [0.05, 0.1) is 7.11 Å². The second kappa shape index (κ2) is 6.28. The molecule has 0 aromatic heterocycles. The minimum atomic E-state index is -0.266. The van der Waals surface area contributed by atoms with Crippen molar-refractivity contribution >= 4 is 11.7 Å². The summed E-state index contributed by atoms with van der Waals surface area (Å²) in [4.78, 5) is 14.1. The number of carbonyl (C=O) groups is 1. The van der Waals surface area contributed by atoms with Crippen molar-refractivity contribution in [2.24, 2.45) is 0 Å². The van der Waals surface area contributed by atoms with E-state index in [1.807, 2.05) is 25.1 Å². The van der Waals surface area contributed by atoms with Crippen LogP contribution < -0.4 is 15.0 Å². The standard InChI is InChI=1S/C18H19FN2O2/c1-12-14(4-3-5-17(12)23-2)11-20-18(22)21-9-8-13-10-15(19)6-7-16(13)21/h3-7,10H,8-9,11H2,1-2H3,(H,20,22). The van der Waals surface area contributed by atoms with Gasteiger partial charge in [-0.05, 0) is 54.3 Å². The van der Waals surface area contributed by atoms with Gasteiger partial charge in [-0.15, -0.1) is 0 Å². The van der Waals surface area contributed by atoms with Gasteiger partial charge in [-0.2, -0.15) is 0 Å². The van der Waals surface area contributed by atoms with Crippen LogP contribution in [0, 0.1) is 12.7 Å². The molecule has 4 nitrogen and oxygen atoms in total. The van der Waals surface area contributed by atoms with Crippen molar-refractivity contribution in [3.63, 3.8) is 0 Å². The molecule has 120 valence electrons. The molecule has 1 aliphatic rings. The molecule has 0 spiro atoms. The molecule has 2 amide bonds. The van der Waals surface area contributed by atoms with E-state index >= 15 is 0 Å². The summed E-state index contributed by atoms with van der Waals surface area (Å²) in [6, 6.07) is 10.1. The van der Waals surface area contributed by atoms with Gasteiger partial charge < -0.3 is 10.1 Å². The summed E-state index contributed by atoms with van der Waals surface area (Å²) < 4.78 is 18.5. The SMILES string of the molecule is COc1cccc(CNC(=O)N2CCc3cc(F)ccc32)c1C. The third-order valence-electron chi connectivity index (χ3n) is 4.23. The molecule has 5 heteroatoms. The Morgan fingerprint density at radius 2 is 2.17 bits per heavy atom. The zero-order valence-corrected chi connectivity index (χ0v) is 13.2. The van der Waals surface area contributed by atoms with Gasteiger partial charge in [0.15, 0.2) is 0 Å². The highest BCUT2D eigenvalue weighted by molar-refractivity contribution is 5.94. The number of benzene rings is 2. The Labute approximate surface area is 134 Å². The van der Waals surface area contributed by atoms with Crippen LogP contribution in [0.2, 0.25) is 0 Å². The van der Waals surface area contributed by atoms with Gasteiger partial charge in [-0.3, -0.25) is 4.90 Å². The molecule has 0 atom stereocenters. The van der Waals surface area contributed by atoms with Gasteiger partial charge in [-0.25, -0.2) is 9.18 Å². The molecular formula is C18H19FN2O2. The number of anilines is 1. The Hall–Kier alpha value is -2.56. The number of nitrogens with zero attached hydrogens (tertiary/aromatic N) is 1. The number of fused-ring (bicyclic) bond motifs is 1. The quantitative estimate of drug-likeness (QED) is 0.943. The van der Waals surface area contributed by atoms with Crippen molar-refractivity contribution in [1.82, 2.24) is 5.32 Å². The highest BCUT2D eigenvalue weighted by Crippen LogP contribution is 2.28. The third-order valence-corrected chi connectivity index (χ3v) is 4.23. The van der Waals surface area contributed by atoms with Crippen LogP contribution in [0.3, 0.4) is 0 Å².